The molecule has 2 atom stereocenters. The van der Waals surface area contributed by atoms with Crippen LogP contribution in [-0.4, -0.2) is 6.04 Å². The fourth-order valence-corrected chi connectivity index (χ4v) is 1.99. The van der Waals surface area contributed by atoms with Crippen molar-refractivity contribution in [2.75, 3.05) is 0 Å². The van der Waals surface area contributed by atoms with Crippen LogP contribution in [0.15, 0.2) is 24.3 Å². The third-order valence-electron chi connectivity index (χ3n) is 2.85. The van der Waals surface area contributed by atoms with Gasteiger partial charge in [0.1, 0.15) is 0 Å². The van der Waals surface area contributed by atoms with E-state index in [1.54, 1.807) is 0 Å². The molecule has 0 amide bonds. The van der Waals surface area contributed by atoms with Crippen molar-refractivity contribution < 1.29 is 0 Å². The Kier molecular flexibility index (Phi) is 2.36. The summed E-state index contributed by atoms with van der Waals surface area (Å²) in [6.45, 7) is 4.39. The Labute approximate surface area is 80.2 Å². The van der Waals surface area contributed by atoms with E-state index in [9.17, 15) is 0 Å². The molecule has 0 bridgehead atoms. The Morgan fingerprint density at radius 2 is 1.85 bits per heavy atom. The van der Waals surface area contributed by atoms with E-state index in [1.165, 1.54) is 24.0 Å². The first-order chi connectivity index (χ1) is 6.25. The lowest BCUT2D eigenvalue weighted by atomic mass is 10.0. The SMILES string of the molecule is Cc1ccc([C@H]2CC[C@H](C)N2)cc1. The summed E-state index contributed by atoms with van der Waals surface area (Å²) in [6, 6.07) is 10.2. The smallest absolute Gasteiger partial charge is 0.0323 e. The van der Waals surface area contributed by atoms with Gasteiger partial charge in [-0.3, -0.25) is 0 Å². The fraction of sp³-hybridized carbons (Fsp3) is 0.500. The van der Waals surface area contributed by atoms with E-state index in [2.05, 4.69) is 43.4 Å². The zero-order chi connectivity index (χ0) is 9.26. The van der Waals surface area contributed by atoms with Crippen LogP contribution in [0.1, 0.15) is 36.9 Å². The molecule has 1 heterocycles. The number of benzene rings is 1. The van der Waals surface area contributed by atoms with Gasteiger partial charge >= 0.3 is 0 Å². The molecule has 1 heteroatoms. The molecule has 1 aromatic carbocycles. The molecule has 0 saturated carbocycles. The van der Waals surface area contributed by atoms with E-state index in [1.807, 2.05) is 0 Å². The lowest BCUT2D eigenvalue weighted by Gasteiger charge is -2.11. The van der Waals surface area contributed by atoms with Gasteiger partial charge < -0.3 is 5.32 Å². The van der Waals surface area contributed by atoms with Gasteiger partial charge in [0, 0.05) is 12.1 Å². The minimum Gasteiger partial charge on any atom is -0.307 e. The molecule has 0 aromatic heterocycles. The molecule has 1 aliphatic rings. The van der Waals surface area contributed by atoms with Crippen LogP contribution in [0.25, 0.3) is 0 Å². The average Bonchev–Trinajstić information content (AvgIpc) is 2.53. The summed E-state index contributed by atoms with van der Waals surface area (Å²) < 4.78 is 0. The van der Waals surface area contributed by atoms with Gasteiger partial charge in [-0.25, -0.2) is 0 Å². The van der Waals surface area contributed by atoms with Crippen molar-refractivity contribution in [2.24, 2.45) is 0 Å². The van der Waals surface area contributed by atoms with Gasteiger partial charge in [-0.2, -0.15) is 0 Å². The highest BCUT2D eigenvalue weighted by Gasteiger charge is 2.20. The molecule has 0 spiro atoms. The number of hydrogen-bond acceptors (Lipinski definition) is 1. The maximum absolute atomic E-state index is 3.59. The molecule has 1 saturated heterocycles. The van der Waals surface area contributed by atoms with Crippen LogP contribution in [0.4, 0.5) is 0 Å². The molecule has 2 rings (SSSR count). The molecular weight excluding hydrogens is 158 g/mol. The Balaban J connectivity index is 2.13. The Morgan fingerprint density at radius 1 is 1.15 bits per heavy atom. The zero-order valence-corrected chi connectivity index (χ0v) is 8.38. The highest BCUT2D eigenvalue weighted by atomic mass is 15.0. The maximum Gasteiger partial charge on any atom is 0.0323 e. The summed E-state index contributed by atoms with van der Waals surface area (Å²) in [7, 11) is 0. The molecule has 13 heavy (non-hydrogen) atoms. The Morgan fingerprint density at radius 3 is 2.38 bits per heavy atom. The van der Waals surface area contributed by atoms with E-state index in [4.69, 9.17) is 0 Å². The predicted molar refractivity (Wildman–Crippen MR) is 55.8 cm³/mol. The van der Waals surface area contributed by atoms with Gasteiger partial charge in [-0.15, -0.1) is 0 Å². The minimum absolute atomic E-state index is 0.593. The average molecular weight is 175 g/mol. The van der Waals surface area contributed by atoms with E-state index >= 15 is 0 Å². The largest absolute Gasteiger partial charge is 0.307 e. The number of aryl methyl sites for hydroxylation is 1. The monoisotopic (exact) mass is 175 g/mol. The van der Waals surface area contributed by atoms with Gasteiger partial charge in [-0.1, -0.05) is 29.8 Å². The van der Waals surface area contributed by atoms with Crippen LogP contribution < -0.4 is 5.32 Å². The minimum atomic E-state index is 0.593. The predicted octanol–water partition coefficient (Wildman–Crippen LogP) is 2.81. The summed E-state index contributed by atoms with van der Waals surface area (Å²) in [5.41, 5.74) is 2.78. The third kappa shape index (κ3) is 1.92. The first-order valence-electron chi connectivity index (χ1n) is 5.08. The molecule has 1 N–H and O–H groups in total. The lowest BCUT2D eigenvalue weighted by molar-refractivity contribution is 0.585. The number of hydrogen-bond donors (Lipinski definition) is 1. The van der Waals surface area contributed by atoms with E-state index < -0.39 is 0 Å². The summed E-state index contributed by atoms with van der Waals surface area (Å²) in [5, 5.41) is 3.59. The van der Waals surface area contributed by atoms with Gasteiger partial charge in [-0.05, 0) is 32.3 Å². The maximum atomic E-state index is 3.59. The molecule has 1 aromatic rings. The van der Waals surface area contributed by atoms with E-state index in [0.717, 1.165) is 0 Å². The van der Waals surface area contributed by atoms with E-state index in [0.29, 0.717) is 12.1 Å². The lowest BCUT2D eigenvalue weighted by Crippen LogP contribution is -2.20. The van der Waals surface area contributed by atoms with Crippen molar-refractivity contribution in [3.63, 3.8) is 0 Å². The Bertz CT molecular complexity index is 276. The van der Waals surface area contributed by atoms with Crippen LogP contribution in [0, 0.1) is 6.92 Å². The summed E-state index contributed by atoms with van der Waals surface area (Å²) in [6.07, 6.45) is 2.59. The molecule has 0 radical (unpaired) electrons. The highest BCUT2D eigenvalue weighted by molar-refractivity contribution is 5.24. The molecule has 0 aliphatic carbocycles. The third-order valence-corrected chi connectivity index (χ3v) is 2.85. The molecule has 1 aliphatic heterocycles. The van der Waals surface area contributed by atoms with Crippen molar-refractivity contribution in [3.8, 4) is 0 Å². The zero-order valence-electron chi connectivity index (χ0n) is 8.38. The van der Waals surface area contributed by atoms with Crippen molar-refractivity contribution in [2.45, 2.75) is 38.8 Å². The van der Waals surface area contributed by atoms with Crippen molar-refractivity contribution in [1.82, 2.24) is 5.32 Å². The van der Waals surface area contributed by atoms with Gasteiger partial charge in [0.25, 0.3) is 0 Å². The van der Waals surface area contributed by atoms with Crippen LogP contribution in [0.2, 0.25) is 0 Å². The molecule has 0 unspecified atom stereocenters. The second-order valence-electron chi connectivity index (χ2n) is 4.11. The second-order valence-corrected chi connectivity index (χ2v) is 4.11. The van der Waals surface area contributed by atoms with Crippen molar-refractivity contribution in [3.05, 3.63) is 35.4 Å². The number of rotatable bonds is 1. The molecule has 70 valence electrons. The van der Waals surface area contributed by atoms with Crippen LogP contribution in [0.3, 0.4) is 0 Å². The molecule has 1 nitrogen and oxygen atoms in total. The summed E-state index contributed by atoms with van der Waals surface area (Å²) in [5.74, 6) is 0. The van der Waals surface area contributed by atoms with Crippen molar-refractivity contribution >= 4 is 0 Å². The first-order valence-corrected chi connectivity index (χ1v) is 5.08. The van der Waals surface area contributed by atoms with Crippen LogP contribution in [-0.2, 0) is 0 Å². The van der Waals surface area contributed by atoms with Crippen LogP contribution in [0.5, 0.6) is 0 Å². The Hall–Kier alpha value is -0.820. The van der Waals surface area contributed by atoms with Gasteiger partial charge in [0.15, 0.2) is 0 Å². The fourth-order valence-electron chi connectivity index (χ4n) is 1.99. The van der Waals surface area contributed by atoms with Crippen molar-refractivity contribution in [1.29, 1.82) is 0 Å². The molecular formula is C12H17N. The van der Waals surface area contributed by atoms with Crippen LogP contribution >= 0.6 is 0 Å². The number of nitrogens with one attached hydrogen (secondary N) is 1. The summed E-state index contributed by atoms with van der Waals surface area (Å²) >= 11 is 0. The standard InChI is InChI=1S/C12H17N/c1-9-3-6-11(7-4-9)12-8-5-10(2)13-12/h3-4,6-7,10,12-13H,5,8H2,1-2H3/t10-,12+/m0/s1. The van der Waals surface area contributed by atoms with Gasteiger partial charge in [0.2, 0.25) is 0 Å². The highest BCUT2D eigenvalue weighted by Crippen LogP contribution is 2.26. The summed E-state index contributed by atoms with van der Waals surface area (Å²) in [4.78, 5) is 0. The molecule has 1 fully saturated rings. The second kappa shape index (κ2) is 3.51. The normalized spacial score (nSPS) is 27.8. The van der Waals surface area contributed by atoms with Gasteiger partial charge in [0.05, 0.1) is 0 Å². The first kappa shape index (κ1) is 8.76. The topological polar surface area (TPSA) is 12.0 Å². The quantitative estimate of drug-likeness (QED) is 0.692. The van der Waals surface area contributed by atoms with E-state index in [-0.39, 0.29) is 0 Å².